The van der Waals surface area contributed by atoms with Crippen LogP contribution in [0.15, 0.2) is 48.5 Å². The zero-order chi connectivity index (χ0) is 19.6. The van der Waals surface area contributed by atoms with E-state index in [1.807, 2.05) is 30.5 Å². The Balaban J connectivity index is 1.97. The van der Waals surface area contributed by atoms with Crippen molar-refractivity contribution in [3.63, 3.8) is 0 Å². The number of amides is 1. The molecule has 1 amide bonds. The zero-order valence-corrected chi connectivity index (χ0v) is 15.5. The average molecular weight is 369 g/mol. The number of fused-ring (bicyclic) bond motifs is 1. The predicted octanol–water partition coefficient (Wildman–Crippen LogP) is 3.16. The molecule has 0 unspecified atom stereocenters. The number of nitrogens with zero attached hydrogens (tertiary/aromatic N) is 1. The summed E-state index contributed by atoms with van der Waals surface area (Å²) in [4.78, 5) is 12.8. The van der Waals surface area contributed by atoms with E-state index in [0.29, 0.717) is 24.5 Å². The first kappa shape index (κ1) is 18.9. The molecule has 1 aromatic heterocycles. The number of aliphatic hydroxyl groups excluding tert-OH is 1. The van der Waals surface area contributed by atoms with Crippen LogP contribution in [0.4, 0.5) is 10.1 Å². The normalized spacial score (nSPS) is 11.7. The number of aliphatic hydroxyl groups is 1. The number of benzene rings is 2. The topological polar surface area (TPSA) is 80.3 Å². The van der Waals surface area contributed by atoms with Gasteiger partial charge < -0.3 is 20.7 Å². The van der Waals surface area contributed by atoms with Gasteiger partial charge in [-0.05, 0) is 42.0 Å². The van der Waals surface area contributed by atoms with Gasteiger partial charge in [0.05, 0.1) is 0 Å². The number of rotatable bonds is 6. The first-order chi connectivity index (χ1) is 12.8. The minimum absolute atomic E-state index is 0.0254. The van der Waals surface area contributed by atoms with Crippen LogP contribution >= 0.6 is 0 Å². The second kappa shape index (κ2) is 7.40. The number of hydrogen-bond donors (Lipinski definition) is 3. The molecule has 27 heavy (non-hydrogen) atoms. The largest absolute Gasteiger partial charge is 0.399 e. The van der Waals surface area contributed by atoms with Crippen molar-refractivity contribution < 1.29 is 14.3 Å². The number of nitrogen functional groups attached to an aromatic ring is 1. The van der Waals surface area contributed by atoms with Gasteiger partial charge in [0.25, 0.3) is 5.91 Å². The van der Waals surface area contributed by atoms with Crippen molar-refractivity contribution in [2.24, 2.45) is 5.41 Å². The maximum absolute atomic E-state index is 13.2. The fourth-order valence-electron chi connectivity index (χ4n) is 2.89. The van der Waals surface area contributed by atoms with Gasteiger partial charge in [-0.2, -0.15) is 0 Å². The summed E-state index contributed by atoms with van der Waals surface area (Å²) in [5.74, 6) is -0.526. The molecule has 0 aliphatic rings. The van der Waals surface area contributed by atoms with Gasteiger partial charge in [0, 0.05) is 41.7 Å². The van der Waals surface area contributed by atoms with Gasteiger partial charge in [-0.3, -0.25) is 4.79 Å². The highest BCUT2D eigenvalue weighted by Gasteiger charge is 2.21. The lowest BCUT2D eigenvalue weighted by Gasteiger charge is -2.22. The van der Waals surface area contributed by atoms with Crippen LogP contribution in [-0.4, -0.2) is 28.7 Å². The lowest BCUT2D eigenvalue weighted by molar-refractivity contribution is 0.0903. The van der Waals surface area contributed by atoms with Gasteiger partial charge in [0.2, 0.25) is 0 Å². The summed E-state index contributed by atoms with van der Waals surface area (Å²) < 4.78 is 15.1. The van der Waals surface area contributed by atoms with Crippen molar-refractivity contribution in [3.05, 3.63) is 65.6 Å². The second-order valence-electron chi connectivity index (χ2n) is 7.57. The molecule has 1 heterocycles. The summed E-state index contributed by atoms with van der Waals surface area (Å²) in [5, 5.41) is 13.1. The molecule has 4 N–H and O–H groups in total. The van der Waals surface area contributed by atoms with Crippen LogP contribution in [-0.2, 0) is 6.54 Å². The molecule has 5 nitrogen and oxygen atoms in total. The molecule has 0 radical (unpaired) electrons. The Bertz CT molecular complexity index is 961. The maximum atomic E-state index is 13.2. The predicted molar refractivity (Wildman–Crippen MR) is 105 cm³/mol. The number of nitrogens with two attached hydrogens (primary N) is 1. The Kier molecular flexibility index (Phi) is 5.19. The third-order valence-corrected chi connectivity index (χ3v) is 4.57. The van der Waals surface area contributed by atoms with Crippen LogP contribution < -0.4 is 11.1 Å². The molecule has 0 aliphatic heterocycles. The molecular formula is C21H24FN3O2. The highest BCUT2D eigenvalue weighted by molar-refractivity contribution is 5.99. The van der Waals surface area contributed by atoms with Gasteiger partial charge in [-0.15, -0.1) is 0 Å². The van der Waals surface area contributed by atoms with Crippen molar-refractivity contribution in [3.8, 4) is 0 Å². The number of halogens is 1. The number of aromatic nitrogens is 1. The van der Waals surface area contributed by atoms with E-state index in [2.05, 4.69) is 5.32 Å². The summed E-state index contributed by atoms with van der Waals surface area (Å²) >= 11 is 0. The molecule has 2 aromatic carbocycles. The molecule has 0 bridgehead atoms. The lowest BCUT2D eigenvalue weighted by atomic mass is 9.95. The summed E-state index contributed by atoms with van der Waals surface area (Å²) in [6, 6.07) is 13.5. The number of carbonyl (C=O) groups excluding carboxylic acids is 1. The molecule has 0 atom stereocenters. The fourth-order valence-corrected chi connectivity index (χ4v) is 2.89. The fraction of sp³-hybridized carbons (Fsp3) is 0.286. The molecule has 0 saturated carbocycles. The van der Waals surface area contributed by atoms with E-state index in [-0.39, 0.29) is 18.3 Å². The van der Waals surface area contributed by atoms with Gasteiger partial charge in [0.15, 0.2) is 0 Å². The Hall–Kier alpha value is -2.86. The summed E-state index contributed by atoms with van der Waals surface area (Å²) in [6.07, 6.45) is 0. The monoisotopic (exact) mass is 369 g/mol. The summed E-state index contributed by atoms with van der Waals surface area (Å²) in [5.41, 5.74) is 8.35. The SMILES string of the molecule is CC(C)(CO)CNC(=O)c1cc2cc(N)ccc2n1Cc1ccc(F)cc1. The van der Waals surface area contributed by atoms with Crippen LogP contribution in [0.25, 0.3) is 10.9 Å². The van der Waals surface area contributed by atoms with Gasteiger partial charge in [-0.25, -0.2) is 4.39 Å². The Labute approximate surface area is 157 Å². The molecule has 0 spiro atoms. The molecule has 0 fully saturated rings. The third kappa shape index (κ3) is 4.28. The van der Waals surface area contributed by atoms with E-state index in [1.165, 1.54) is 12.1 Å². The van der Waals surface area contributed by atoms with Crippen molar-refractivity contribution in [1.82, 2.24) is 9.88 Å². The van der Waals surface area contributed by atoms with Crippen molar-refractivity contribution in [2.75, 3.05) is 18.9 Å². The van der Waals surface area contributed by atoms with Gasteiger partial charge >= 0.3 is 0 Å². The minimum atomic E-state index is -0.409. The standard InChI is InChI=1S/C21H24FN3O2/c1-21(2,13-26)12-24-20(27)19-10-15-9-17(23)7-8-18(15)25(19)11-14-3-5-16(22)6-4-14/h3-10,26H,11-13,23H2,1-2H3,(H,24,27). The molecule has 0 saturated heterocycles. The van der Waals surface area contributed by atoms with Crippen LogP contribution in [0.2, 0.25) is 0 Å². The van der Waals surface area contributed by atoms with Crippen LogP contribution in [0.1, 0.15) is 29.9 Å². The van der Waals surface area contributed by atoms with Crippen LogP contribution in [0.3, 0.4) is 0 Å². The first-order valence-corrected chi connectivity index (χ1v) is 8.81. The van der Waals surface area contributed by atoms with Crippen molar-refractivity contribution in [1.29, 1.82) is 0 Å². The van der Waals surface area contributed by atoms with E-state index >= 15 is 0 Å². The Morgan fingerprint density at radius 2 is 1.89 bits per heavy atom. The van der Waals surface area contributed by atoms with Crippen LogP contribution in [0.5, 0.6) is 0 Å². The molecule has 6 heteroatoms. The quantitative estimate of drug-likeness (QED) is 0.584. The smallest absolute Gasteiger partial charge is 0.267 e. The average Bonchev–Trinajstić information content (AvgIpc) is 2.99. The van der Waals surface area contributed by atoms with E-state index in [1.54, 1.807) is 24.3 Å². The number of anilines is 1. The molecule has 3 rings (SSSR count). The number of carbonyl (C=O) groups is 1. The van der Waals surface area contributed by atoms with Crippen molar-refractivity contribution in [2.45, 2.75) is 20.4 Å². The Morgan fingerprint density at radius 1 is 1.19 bits per heavy atom. The maximum Gasteiger partial charge on any atom is 0.267 e. The molecular weight excluding hydrogens is 345 g/mol. The van der Waals surface area contributed by atoms with E-state index in [0.717, 1.165) is 16.5 Å². The second-order valence-corrected chi connectivity index (χ2v) is 7.57. The third-order valence-electron chi connectivity index (χ3n) is 4.57. The first-order valence-electron chi connectivity index (χ1n) is 8.81. The van der Waals surface area contributed by atoms with E-state index in [4.69, 9.17) is 5.73 Å². The highest BCUT2D eigenvalue weighted by Crippen LogP contribution is 2.24. The molecule has 3 aromatic rings. The number of nitrogens with one attached hydrogen (secondary N) is 1. The molecule has 142 valence electrons. The summed E-state index contributed by atoms with van der Waals surface area (Å²) in [7, 11) is 0. The lowest BCUT2D eigenvalue weighted by Crippen LogP contribution is -2.36. The van der Waals surface area contributed by atoms with Crippen LogP contribution in [0, 0.1) is 11.2 Å². The zero-order valence-electron chi connectivity index (χ0n) is 15.5. The molecule has 0 aliphatic carbocycles. The summed E-state index contributed by atoms with van der Waals surface area (Å²) in [6.45, 7) is 4.51. The van der Waals surface area contributed by atoms with Gasteiger partial charge in [-0.1, -0.05) is 26.0 Å². The van der Waals surface area contributed by atoms with Crippen molar-refractivity contribution >= 4 is 22.5 Å². The van der Waals surface area contributed by atoms with E-state index < -0.39 is 5.41 Å². The minimum Gasteiger partial charge on any atom is -0.399 e. The van der Waals surface area contributed by atoms with Gasteiger partial charge in [0.1, 0.15) is 11.5 Å². The van der Waals surface area contributed by atoms with E-state index in [9.17, 15) is 14.3 Å². The Morgan fingerprint density at radius 3 is 2.56 bits per heavy atom. The highest BCUT2D eigenvalue weighted by atomic mass is 19.1. The number of hydrogen-bond acceptors (Lipinski definition) is 3.